The summed E-state index contributed by atoms with van der Waals surface area (Å²) in [7, 11) is -3.03. The van der Waals surface area contributed by atoms with Gasteiger partial charge in [0, 0.05) is 24.2 Å². The third-order valence-electron chi connectivity index (χ3n) is 7.68. The standard InChI is InChI=1S/C37H41N3O4Si/c1-5-6-7-16-27-38-36(41)39-34-22-15-14-17-29(34)23-24-30-28-31(40(42)43)25-26-35(30)44-45(37(2,3)4,32-18-10-8-11-19-32)33-20-12-9-13-21-33/h8-15,17-22,25-26,28H,5-7,16,27H2,1-4H3,(H2,38,39,41). The van der Waals surface area contributed by atoms with Gasteiger partial charge in [-0.3, -0.25) is 10.1 Å². The van der Waals surface area contributed by atoms with Crippen LogP contribution in [0.15, 0.2) is 103 Å². The maximum atomic E-state index is 12.6. The second-order valence-corrected chi connectivity index (χ2v) is 16.2. The summed E-state index contributed by atoms with van der Waals surface area (Å²) in [6, 6.07) is 31.9. The summed E-state index contributed by atoms with van der Waals surface area (Å²) in [5, 5.41) is 19.5. The van der Waals surface area contributed by atoms with E-state index in [1.54, 1.807) is 12.1 Å². The highest BCUT2D eigenvalue weighted by molar-refractivity contribution is 7.00. The quantitative estimate of drug-likeness (QED) is 0.0593. The van der Waals surface area contributed by atoms with Crippen molar-refractivity contribution >= 4 is 36.1 Å². The van der Waals surface area contributed by atoms with Crippen LogP contribution in [-0.2, 0) is 0 Å². The molecule has 7 nitrogen and oxygen atoms in total. The molecule has 0 aliphatic heterocycles. The molecule has 232 valence electrons. The first-order valence-corrected chi connectivity index (χ1v) is 17.3. The molecule has 4 aromatic carbocycles. The summed E-state index contributed by atoms with van der Waals surface area (Å²) in [4.78, 5) is 24.0. The monoisotopic (exact) mass is 619 g/mol. The molecule has 45 heavy (non-hydrogen) atoms. The summed E-state index contributed by atoms with van der Waals surface area (Å²) >= 11 is 0. The number of nitrogens with zero attached hydrogens (tertiary/aromatic N) is 1. The topological polar surface area (TPSA) is 93.5 Å². The zero-order chi connectivity index (χ0) is 32.3. The van der Waals surface area contributed by atoms with Crippen LogP contribution in [0.2, 0.25) is 5.04 Å². The molecule has 0 aliphatic carbocycles. The number of benzene rings is 4. The number of carbonyl (C=O) groups excluding carboxylic acids is 1. The molecule has 2 amide bonds. The second kappa shape index (κ2) is 15.2. The molecule has 0 saturated heterocycles. The van der Waals surface area contributed by atoms with Crippen molar-refractivity contribution in [1.29, 1.82) is 0 Å². The maximum Gasteiger partial charge on any atom is 0.320 e. The molecule has 0 unspecified atom stereocenters. The van der Waals surface area contributed by atoms with Crippen molar-refractivity contribution in [2.45, 2.75) is 58.4 Å². The average Bonchev–Trinajstić information content (AvgIpc) is 3.03. The number of unbranched alkanes of at least 4 members (excludes halogenated alkanes) is 3. The highest BCUT2D eigenvalue weighted by Crippen LogP contribution is 2.39. The van der Waals surface area contributed by atoms with Crippen LogP contribution in [0.5, 0.6) is 5.75 Å². The minimum atomic E-state index is -3.03. The predicted molar refractivity (Wildman–Crippen MR) is 185 cm³/mol. The van der Waals surface area contributed by atoms with Crippen molar-refractivity contribution in [3.63, 3.8) is 0 Å². The maximum absolute atomic E-state index is 12.6. The number of nitrogens with one attached hydrogen (secondary N) is 2. The molecule has 0 atom stereocenters. The zero-order valence-corrected chi connectivity index (χ0v) is 27.4. The summed E-state index contributed by atoms with van der Waals surface area (Å²) in [6.45, 7) is 9.26. The van der Waals surface area contributed by atoms with E-state index in [0.29, 0.717) is 29.1 Å². The van der Waals surface area contributed by atoms with E-state index in [4.69, 9.17) is 4.43 Å². The first kappa shape index (κ1) is 33.0. The van der Waals surface area contributed by atoms with Crippen LogP contribution in [0.1, 0.15) is 64.5 Å². The summed E-state index contributed by atoms with van der Waals surface area (Å²) in [6.07, 6.45) is 4.26. The fourth-order valence-electron chi connectivity index (χ4n) is 5.39. The number of anilines is 1. The van der Waals surface area contributed by atoms with Gasteiger partial charge in [0.2, 0.25) is 0 Å². The number of para-hydroxylation sites is 1. The van der Waals surface area contributed by atoms with Gasteiger partial charge in [0.1, 0.15) is 5.75 Å². The average molecular weight is 620 g/mol. The molecular formula is C37H41N3O4Si. The van der Waals surface area contributed by atoms with Gasteiger partial charge in [-0.2, -0.15) is 0 Å². The lowest BCUT2D eigenvalue weighted by Crippen LogP contribution is -2.68. The number of urea groups is 1. The van der Waals surface area contributed by atoms with E-state index in [-0.39, 0.29) is 16.8 Å². The van der Waals surface area contributed by atoms with Gasteiger partial charge in [-0.05, 0) is 40.0 Å². The Hall–Kier alpha value is -4.87. The molecule has 4 rings (SSSR count). The molecular weight excluding hydrogens is 579 g/mol. The van der Waals surface area contributed by atoms with Crippen LogP contribution < -0.4 is 25.4 Å². The fraction of sp³-hybridized carbons (Fsp3) is 0.270. The Kier molecular flexibility index (Phi) is 11.2. The Morgan fingerprint density at radius 3 is 2.02 bits per heavy atom. The molecule has 0 radical (unpaired) electrons. The third-order valence-corrected chi connectivity index (χ3v) is 12.6. The highest BCUT2D eigenvalue weighted by Gasteiger charge is 2.52. The number of nitro benzene ring substituents is 1. The second-order valence-electron chi connectivity index (χ2n) is 11.9. The number of hydrogen-bond acceptors (Lipinski definition) is 4. The van der Waals surface area contributed by atoms with E-state index < -0.39 is 13.2 Å². The van der Waals surface area contributed by atoms with Gasteiger partial charge < -0.3 is 15.1 Å². The van der Waals surface area contributed by atoms with Crippen LogP contribution in [0, 0.1) is 22.0 Å². The smallest absolute Gasteiger partial charge is 0.320 e. The van der Waals surface area contributed by atoms with Crippen LogP contribution in [0.4, 0.5) is 16.2 Å². The summed E-state index contributed by atoms with van der Waals surface area (Å²) in [5.41, 5.74) is 1.45. The molecule has 2 N–H and O–H groups in total. The van der Waals surface area contributed by atoms with Gasteiger partial charge in [-0.1, -0.05) is 132 Å². The number of amides is 2. The number of non-ortho nitro benzene ring substituents is 1. The van der Waals surface area contributed by atoms with Gasteiger partial charge >= 0.3 is 14.3 Å². The molecule has 0 heterocycles. The van der Waals surface area contributed by atoms with E-state index in [1.165, 1.54) is 12.1 Å². The van der Waals surface area contributed by atoms with Crippen LogP contribution in [0.25, 0.3) is 0 Å². The lowest BCUT2D eigenvalue weighted by atomic mass is 10.1. The largest absolute Gasteiger partial charge is 0.533 e. The number of rotatable bonds is 11. The minimum absolute atomic E-state index is 0.0806. The normalized spacial score (nSPS) is 11.2. The van der Waals surface area contributed by atoms with Crippen molar-refractivity contribution in [2.24, 2.45) is 0 Å². The van der Waals surface area contributed by atoms with Crippen molar-refractivity contribution in [1.82, 2.24) is 5.32 Å². The van der Waals surface area contributed by atoms with Crippen LogP contribution >= 0.6 is 0 Å². The molecule has 0 saturated carbocycles. The van der Waals surface area contributed by atoms with Crippen molar-refractivity contribution in [3.8, 4) is 17.6 Å². The Balaban J connectivity index is 1.76. The Labute approximate surface area is 267 Å². The Morgan fingerprint density at radius 2 is 1.42 bits per heavy atom. The Bertz CT molecular complexity index is 1620. The lowest BCUT2D eigenvalue weighted by molar-refractivity contribution is -0.384. The first-order valence-electron chi connectivity index (χ1n) is 15.4. The van der Waals surface area contributed by atoms with E-state index in [1.807, 2.05) is 54.6 Å². The van der Waals surface area contributed by atoms with Gasteiger partial charge in [0.05, 0.1) is 16.2 Å². The van der Waals surface area contributed by atoms with Gasteiger partial charge in [0.15, 0.2) is 0 Å². The number of hydrogen-bond donors (Lipinski definition) is 2. The molecule has 0 fully saturated rings. The first-order chi connectivity index (χ1) is 21.7. The van der Waals surface area contributed by atoms with E-state index >= 15 is 0 Å². The summed E-state index contributed by atoms with van der Waals surface area (Å²) in [5.74, 6) is 6.77. The number of carbonyl (C=O) groups is 1. The molecule has 0 bridgehead atoms. The Morgan fingerprint density at radius 1 is 0.822 bits per heavy atom. The van der Waals surface area contributed by atoms with Crippen molar-refractivity contribution in [3.05, 3.63) is 124 Å². The minimum Gasteiger partial charge on any atom is -0.533 e. The zero-order valence-electron chi connectivity index (χ0n) is 26.4. The molecule has 0 aliphatic rings. The van der Waals surface area contributed by atoms with Gasteiger partial charge in [-0.25, -0.2) is 4.79 Å². The molecule has 0 spiro atoms. The van der Waals surface area contributed by atoms with Crippen molar-refractivity contribution in [2.75, 3.05) is 11.9 Å². The van der Waals surface area contributed by atoms with E-state index in [9.17, 15) is 14.9 Å². The van der Waals surface area contributed by atoms with Gasteiger partial charge in [0.25, 0.3) is 5.69 Å². The van der Waals surface area contributed by atoms with E-state index in [2.05, 4.69) is 74.4 Å². The third kappa shape index (κ3) is 8.19. The van der Waals surface area contributed by atoms with Crippen LogP contribution in [-0.4, -0.2) is 25.8 Å². The fourth-order valence-corrected chi connectivity index (χ4v) is 9.83. The number of nitro groups is 1. The van der Waals surface area contributed by atoms with E-state index in [0.717, 1.165) is 36.1 Å². The molecule has 0 aromatic heterocycles. The van der Waals surface area contributed by atoms with Gasteiger partial charge in [-0.15, -0.1) is 0 Å². The van der Waals surface area contributed by atoms with Crippen LogP contribution in [0.3, 0.4) is 0 Å². The lowest BCUT2D eigenvalue weighted by Gasteiger charge is -2.43. The summed E-state index contributed by atoms with van der Waals surface area (Å²) < 4.78 is 7.19. The predicted octanol–water partition coefficient (Wildman–Crippen LogP) is 7.64. The van der Waals surface area contributed by atoms with Crippen molar-refractivity contribution < 1.29 is 14.1 Å². The SMILES string of the molecule is CCCCCCNC(=O)Nc1ccccc1C#Cc1cc([N+](=O)[O-])ccc1O[Si](c1ccccc1)(c1ccccc1)C(C)(C)C. The molecule has 4 aromatic rings. The molecule has 8 heteroatoms. The highest BCUT2D eigenvalue weighted by atomic mass is 28.4.